The molecule has 1 aliphatic rings. The monoisotopic (exact) mass is 296 g/mol. The first-order chi connectivity index (χ1) is 10.1. The number of nitrogens with zero attached hydrogens (tertiary/aromatic N) is 1. The van der Waals surface area contributed by atoms with Gasteiger partial charge in [-0.3, -0.25) is 0 Å². The van der Waals surface area contributed by atoms with Gasteiger partial charge in [0.05, 0.1) is 6.61 Å². The molecule has 116 valence electrons. The third-order valence-electron chi connectivity index (χ3n) is 3.70. The minimum absolute atomic E-state index is 0.0357. The molecular weight excluding hydrogens is 276 g/mol. The molecule has 21 heavy (non-hydrogen) atoms. The van der Waals surface area contributed by atoms with Gasteiger partial charge in [0.2, 0.25) is 0 Å². The lowest BCUT2D eigenvalue weighted by Gasteiger charge is -2.28. The maximum absolute atomic E-state index is 11.7. The van der Waals surface area contributed by atoms with E-state index in [1.165, 1.54) is 6.26 Å². The van der Waals surface area contributed by atoms with Crippen LogP contribution in [0.5, 0.6) is 0 Å². The zero-order chi connectivity index (χ0) is 15.3. The van der Waals surface area contributed by atoms with Gasteiger partial charge in [-0.15, -0.1) is 0 Å². The second kappa shape index (κ2) is 6.60. The first kappa shape index (κ1) is 15.3. The summed E-state index contributed by atoms with van der Waals surface area (Å²) < 4.78 is 9.98. The number of esters is 1. The van der Waals surface area contributed by atoms with Crippen molar-refractivity contribution in [2.75, 3.05) is 11.9 Å². The minimum Gasteiger partial charge on any atom is -0.480 e. The molecule has 1 aromatic rings. The maximum Gasteiger partial charge on any atom is 0.360 e. The number of rotatable bonds is 5. The Morgan fingerprint density at radius 1 is 1.38 bits per heavy atom. The molecule has 0 spiro atoms. The van der Waals surface area contributed by atoms with E-state index in [1.807, 2.05) is 0 Å². The molecule has 0 saturated heterocycles. The van der Waals surface area contributed by atoms with Crippen molar-refractivity contribution >= 4 is 18.0 Å². The molecule has 1 aromatic heterocycles. The van der Waals surface area contributed by atoms with Crippen LogP contribution < -0.4 is 5.32 Å². The number of oxazole rings is 1. The molecule has 0 unspecified atom stereocenters. The highest BCUT2D eigenvalue weighted by atomic mass is 16.5. The normalized spacial score (nSPS) is 17.8. The van der Waals surface area contributed by atoms with Crippen LogP contribution in [0.4, 0.5) is 6.01 Å². The molecule has 2 rings (SSSR count). The van der Waals surface area contributed by atoms with Crippen molar-refractivity contribution in [3.05, 3.63) is 12.0 Å². The van der Waals surface area contributed by atoms with Crippen molar-refractivity contribution in [2.45, 2.75) is 51.0 Å². The van der Waals surface area contributed by atoms with Gasteiger partial charge in [-0.25, -0.2) is 9.59 Å². The first-order valence-electron chi connectivity index (χ1n) is 7.21. The summed E-state index contributed by atoms with van der Waals surface area (Å²) in [5, 5.41) is 12.4. The Morgan fingerprint density at radius 3 is 2.62 bits per heavy atom. The molecular formula is C14H20N2O5. The molecule has 1 heterocycles. The van der Waals surface area contributed by atoms with Crippen LogP contribution in [0.3, 0.4) is 0 Å². The van der Waals surface area contributed by atoms with Crippen molar-refractivity contribution in [1.29, 1.82) is 0 Å². The van der Waals surface area contributed by atoms with E-state index in [-0.39, 0.29) is 18.3 Å². The molecule has 0 atom stereocenters. The predicted octanol–water partition coefficient (Wildman–Crippen LogP) is 2.44. The summed E-state index contributed by atoms with van der Waals surface area (Å²) in [5.41, 5.74) is -1.04. The lowest BCUT2D eigenvalue weighted by atomic mass is 9.90. The largest absolute Gasteiger partial charge is 0.480 e. The third-order valence-corrected chi connectivity index (χ3v) is 3.70. The fourth-order valence-corrected chi connectivity index (χ4v) is 2.56. The van der Waals surface area contributed by atoms with Gasteiger partial charge >= 0.3 is 11.9 Å². The average molecular weight is 296 g/mol. The van der Waals surface area contributed by atoms with Gasteiger partial charge in [0.15, 0.2) is 5.69 Å². The zero-order valence-electron chi connectivity index (χ0n) is 12.1. The van der Waals surface area contributed by atoms with Crippen LogP contribution in [0, 0.1) is 0 Å². The van der Waals surface area contributed by atoms with Crippen LogP contribution in [-0.2, 0) is 9.53 Å². The standard InChI is InChI=1S/C14H20N2O5/c1-2-20-11(17)10-9-21-13(15-10)16-14(12(18)19)7-5-3-4-6-8-14/h9H,2-8H2,1H3,(H,15,16)(H,18,19). The van der Waals surface area contributed by atoms with Gasteiger partial charge in [-0.1, -0.05) is 25.7 Å². The highest BCUT2D eigenvalue weighted by Gasteiger charge is 2.40. The van der Waals surface area contributed by atoms with Crippen LogP contribution in [0.1, 0.15) is 55.9 Å². The zero-order valence-corrected chi connectivity index (χ0v) is 12.1. The topological polar surface area (TPSA) is 102 Å². The van der Waals surface area contributed by atoms with E-state index in [2.05, 4.69) is 10.3 Å². The Kier molecular flexibility index (Phi) is 4.82. The van der Waals surface area contributed by atoms with E-state index in [0.717, 1.165) is 25.7 Å². The van der Waals surface area contributed by atoms with Crippen molar-refractivity contribution in [1.82, 2.24) is 4.98 Å². The lowest BCUT2D eigenvalue weighted by Crippen LogP contribution is -2.46. The van der Waals surface area contributed by atoms with Crippen LogP contribution in [-0.4, -0.2) is 34.2 Å². The maximum atomic E-state index is 11.7. The first-order valence-corrected chi connectivity index (χ1v) is 7.21. The number of hydrogen-bond donors (Lipinski definition) is 2. The number of anilines is 1. The average Bonchev–Trinajstić information content (AvgIpc) is 2.77. The highest BCUT2D eigenvalue weighted by molar-refractivity contribution is 5.87. The van der Waals surface area contributed by atoms with Gasteiger partial charge < -0.3 is 19.6 Å². The number of aromatic nitrogens is 1. The van der Waals surface area contributed by atoms with Crippen LogP contribution in [0.2, 0.25) is 0 Å². The van der Waals surface area contributed by atoms with Gasteiger partial charge in [-0.2, -0.15) is 4.98 Å². The van der Waals surface area contributed by atoms with Crippen LogP contribution in [0.15, 0.2) is 10.7 Å². The molecule has 0 bridgehead atoms. The summed E-state index contributed by atoms with van der Waals surface area (Å²) in [7, 11) is 0. The fourth-order valence-electron chi connectivity index (χ4n) is 2.56. The Hall–Kier alpha value is -2.05. The lowest BCUT2D eigenvalue weighted by molar-refractivity contribution is -0.142. The molecule has 7 nitrogen and oxygen atoms in total. The minimum atomic E-state index is -1.08. The van der Waals surface area contributed by atoms with E-state index in [4.69, 9.17) is 9.15 Å². The van der Waals surface area contributed by atoms with Crippen LogP contribution >= 0.6 is 0 Å². The molecule has 1 fully saturated rings. The number of ether oxygens (including phenoxy) is 1. The van der Waals surface area contributed by atoms with E-state index in [9.17, 15) is 14.7 Å². The summed E-state index contributed by atoms with van der Waals surface area (Å²) >= 11 is 0. The van der Waals surface area contributed by atoms with Gasteiger partial charge in [0.25, 0.3) is 6.01 Å². The SMILES string of the molecule is CCOC(=O)c1coc(NC2(C(=O)O)CCCCCC2)n1. The Labute approximate surface area is 122 Å². The number of carbonyl (C=O) groups excluding carboxylic acids is 1. The van der Waals surface area contributed by atoms with Crippen molar-refractivity contribution < 1.29 is 23.8 Å². The van der Waals surface area contributed by atoms with E-state index in [1.54, 1.807) is 6.92 Å². The summed E-state index contributed by atoms with van der Waals surface area (Å²) in [5.74, 6) is -1.50. The number of carboxylic acid groups (broad SMARTS) is 1. The molecule has 7 heteroatoms. The number of carboxylic acids is 1. The molecule has 0 aliphatic heterocycles. The van der Waals surface area contributed by atoms with Gasteiger partial charge in [0, 0.05) is 0 Å². The van der Waals surface area contributed by atoms with Crippen molar-refractivity contribution in [2.24, 2.45) is 0 Å². The smallest absolute Gasteiger partial charge is 0.360 e. The predicted molar refractivity (Wildman–Crippen MR) is 74.2 cm³/mol. The fraction of sp³-hybridized carbons (Fsp3) is 0.643. The summed E-state index contributed by atoms with van der Waals surface area (Å²) in [6.07, 6.45) is 5.92. The molecule has 0 aromatic carbocycles. The Morgan fingerprint density at radius 2 is 2.05 bits per heavy atom. The Balaban J connectivity index is 2.14. The van der Waals surface area contributed by atoms with E-state index in [0.29, 0.717) is 12.8 Å². The quantitative estimate of drug-likeness (QED) is 0.635. The molecule has 1 aliphatic carbocycles. The van der Waals surface area contributed by atoms with E-state index >= 15 is 0 Å². The number of nitrogens with one attached hydrogen (secondary N) is 1. The van der Waals surface area contributed by atoms with E-state index < -0.39 is 17.5 Å². The van der Waals surface area contributed by atoms with Crippen LogP contribution in [0.25, 0.3) is 0 Å². The second-order valence-corrected chi connectivity index (χ2v) is 5.18. The summed E-state index contributed by atoms with van der Waals surface area (Å²) in [4.78, 5) is 27.1. The Bertz CT molecular complexity index is 503. The highest BCUT2D eigenvalue weighted by Crippen LogP contribution is 2.31. The number of aliphatic carboxylic acids is 1. The van der Waals surface area contributed by atoms with Gasteiger partial charge in [-0.05, 0) is 19.8 Å². The number of carbonyl (C=O) groups is 2. The second-order valence-electron chi connectivity index (χ2n) is 5.18. The van der Waals surface area contributed by atoms with Crippen molar-refractivity contribution in [3.63, 3.8) is 0 Å². The molecule has 1 saturated carbocycles. The third kappa shape index (κ3) is 3.53. The van der Waals surface area contributed by atoms with Gasteiger partial charge in [0.1, 0.15) is 11.8 Å². The molecule has 2 N–H and O–H groups in total. The molecule has 0 amide bonds. The van der Waals surface area contributed by atoms with Crippen molar-refractivity contribution in [3.8, 4) is 0 Å². The summed E-state index contributed by atoms with van der Waals surface area (Å²) in [6, 6.07) is 0.0438. The summed E-state index contributed by atoms with van der Waals surface area (Å²) in [6.45, 7) is 1.94. The molecule has 0 radical (unpaired) electrons. The number of hydrogen-bond acceptors (Lipinski definition) is 6.